The highest BCUT2D eigenvalue weighted by Gasteiger charge is 2.17. The number of hydrogen-bond donors (Lipinski definition) is 0. The Labute approximate surface area is 260 Å². The molecule has 1 aromatic heterocycles. The first-order chi connectivity index (χ1) is 25.4. The molecule has 1 heterocycles. The van der Waals surface area contributed by atoms with Crippen LogP contribution >= 0.6 is 0 Å². The quantitative estimate of drug-likeness (QED) is 0.162. The summed E-state index contributed by atoms with van der Waals surface area (Å²) in [5, 5.41) is -1.02. The molecule has 196 valence electrons. The Bertz CT molecular complexity index is 2830. The molecule has 0 spiro atoms. The zero-order valence-corrected chi connectivity index (χ0v) is 22.1. The van der Waals surface area contributed by atoms with Crippen molar-refractivity contribution in [2.24, 2.45) is 0 Å². The highest BCUT2D eigenvalue weighted by atomic mass is 14.9. The van der Waals surface area contributed by atoms with Crippen LogP contribution in [0.2, 0.25) is 0 Å². The third-order valence-electron chi connectivity index (χ3n) is 7.24. The Morgan fingerprint density at radius 1 is 0.429 bits per heavy atom. The third-order valence-corrected chi connectivity index (χ3v) is 7.24. The molecule has 42 heavy (non-hydrogen) atoms. The molecule has 0 radical (unpaired) electrons. The third kappa shape index (κ3) is 4.22. The molecule has 0 aliphatic heterocycles. The van der Waals surface area contributed by atoms with Gasteiger partial charge in [-0.3, -0.25) is 0 Å². The Hall–Kier alpha value is -5.60. The Balaban J connectivity index is 1.57. The molecule has 0 fully saturated rings. The van der Waals surface area contributed by atoms with Gasteiger partial charge in [0.1, 0.15) is 0 Å². The topological polar surface area (TPSA) is 25.8 Å². The van der Waals surface area contributed by atoms with Gasteiger partial charge in [0.05, 0.1) is 26.5 Å². The number of aromatic nitrogens is 2. The Morgan fingerprint density at radius 2 is 1.02 bits per heavy atom. The van der Waals surface area contributed by atoms with Crippen LogP contribution in [0.3, 0.4) is 0 Å². The monoisotopic (exact) mass is 545 g/mol. The smallest absolute Gasteiger partial charge is 0.160 e. The van der Waals surface area contributed by atoms with Crippen molar-refractivity contribution in [3.63, 3.8) is 0 Å². The second-order valence-electron chi connectivity index (χ2n) is 9.77. The minimum absolute atomic E-state index is 0.0209. The van der Waals surface area contributed by atoms with Gasteiger partial charge in [-0.2, -0.15) is 0 Å². The minimum atomic E-state index is -0.605. The van der Waals surface area contributed by atoms with Crippen LogP contribution in [0.1, 0.15) is 15.1 Å². The van der Waals surface area contributed by atoms with Crippen LogP contribution in [-0.4, -0.2) is 9.97 Å². The summed E-state index contributed by atoms with van der Waals surface area (Å²) in [6.45, 7) is 0. The van der Waals surface area contributed by atoms with Gasteiger partial charge in [0, 0.05) is 16.7 Å². The van der Waals surface area contributed by atoms with Crippen LogP contribution in [0, 0.1) is 0 Å². The van der Waals surface area contributed by atoms with E-state index in [-0.39, 0.29) is 49.4 Å². The molecule has 0 bridgehead atoms. The zero-order chi connectivity index (χ0) is 37.5. The van der Waals surface area contributed by atoms with Crippen molar-refractivity contribution in [1.82, 2.24) is 9.97 Å². The molecule has 0 atom stereocenters. The summed E-state index contributed by atoms with van der Waals surface area (Å²) in [6.07, 6.45) is 0. The molecule has 0 saturated heterocycles. The van der Waals surface area contributed by atoms with Gasteiger partial charge in [-0.1, -0.05) is 145 Å². The normalized spacial score (nSPS) is 15.0. The van der Waals surface area contributed by atoms with E-state index in [4.69, 9.17) is 22.3 Å². The highest BCUT2D eigenvalue weighted by Crippen LogP contribution is 2.40. The van der Waals surface area contributed by atoms with Crippen LogP contribution in [0.4, 0.5) is 0 Å². The number of rotatable bonds is 4. The molecule has 0 amide bonds. The average Bonchev–Trinajstić information content (AvgIpc) is 3.19. The van der Waals surface area contributed by atoms with Gasteiger partial charge in [0.25, 0.3) is 0 Å². The molecule has 8 aromatic rings. The molecule has 0 saturated carbocycles. The fraction of sp³-hybridized carbons (Fsp3) is 0. The van der Waals surface area contributed by atoms with E-state index in [0.29, 0.717) is 16.8 Å². The van der Waals surface area contributed by atoms with Crippen molar-refractivity contribution in [2.75, 3.05) is 0 Å². The second kappa shape index (κ2) is 10.1. The molecule has 2 nitrogen and oxygen atoms in total. The molecule has 0 unspecified atom stereocenters. The lowest BCUT2D eigenvalue weighted by Gasteiger charge is -2.15. The molecule has 0 aliphatic rings. The molecular formula is C40H26N2. The molecule has 7 aromatic carbocycles. The van der Waals surface area contributed by atoms with Gasteiger partial charge < -0.3 is 0 Å². The number of nitrogens with zero attached hydrogens (tertiary/aromatic N) is 2. The number of benzene rings is 7. The molecular weight excluding hydrogens is 508 g/mol. The van der Waals surface area contributed by atoms with Crippen molar-refractivity contribution in [3.8, 4) is 45.0 Å². The van der Waals surface area contributed by atoms with E-state index < -0.39 is 66.5 Å². The van der Waals surface area contributed by atoms with Crippen LogP contribution in [0.5, 0.6) is 0 Å². The number of hydrogen-bond acceptors (Lipinski definition) is 2. The van der Waals surface area contributed by atoms with Crippen molar-refractivity contribution in [3.05, 3.63) is 157 Å². The van der Waals surface area contributed by atoms with Gasteiger partial charge in [-0.05, 0) is 55.6 Å². The lowest BCUT2D eigenvalue weighted by Crippen LogP contribution is -1.97. The SMILES string of the molecule is [2H]c1c([2H])c([2H])c2c([2H])c3c(c([2H])c([2H])c4c([2H])c([2H])c([2H])c([2H])c43)c(-c3cc(-c4ccc(-c5ccccc5)cc4)nc(-c4ccccc4)n3)c2c1[2H]. The lowest BCUT2D eigenvalue weighted by molar-refractivity contribution is 1.19. The first-order valence-corrected chi connectivity index (χ1v) is 13.4. The second-order valence-corrected chi connectivity index (χ2v) is 9.77. The molecule has 8 rings (SSSR count). The van der Waals surface area contributed by atoms with Gasteiger partial charge >= 0.3 is 0 Å². The van der Waals surface area contributed by atoms with Crippen LogP contribution in [0.25, 0.3) is 77.3 Å². The predicted octanol–water partition coefficient (Wildman–Crippen LogP) is 10.6. The largest absolute Gasteiger partial charge is 0.228 e. The fourth-order valence-corrected chi connectivity index (χ4v) is 5.22. The maximum atomic E-state index is 9.40. The number of fused-ring (bicyclic) bond motifs is 4. The average molecular weight is 546 g/mol. The first kappa shape index (κ1) is 15.4. The highest BCUT2D eigenvalue weighted by molar-refractivity contribution is 6.19. The summed E-state index contributed by atoms with van der Waals surface area (Å²) in [7, 11) is 0. The predicted molar refractivity (Wildman–Crippen MR) is 176 cm³/mol. The summed E-state index contributed by atoms with van der Waals surface area (Å²) in [5.41, 5.74) is 3.94. The summed E-state index contributed by atoms with van der Waals surface area (Å²) in [5.74, 6) is 0.266. The van der Waals surface area contributed by atoms with Crippen molar-refractivity contribution in [2.45, 2.75) is 0 Å². The maximum Gasteiger partial charge on any atom is 0.160 e. The molecule has 0 N–H and O–H groups in total. The van der Waals surface area contributed by atoms with Crippen molar-refractivity contribution >= 4 is 32.3 Å². The van der Waals surface area contributed by atoms with Crippen LogP contribution in [0.15, 0.2) is 157 Å². The first-order valence-electron chi connectivity index (χ1n) is 18.9. The van der Waals surface area contributed by atoms with E-state index in [1.165, 1.54) is 0 Å². The Morgan fingerprint density at radius 3 is 1.79 bits per heavy atom. The van der Waals surface area contributed by atoms with Crippen molar-refractivity contribution < 1.29 is 15.1 Å². The van der Waals surface area contributed by atoms with E-state index >= 15 is 0 Å². The lowest BCUT2D eigenvalue weighted by atomic mass is 9.91. The van der Waals surface area contributed by atoms with E-state index in [1.54, 1.807) is 6.07 Å². The summed E-state index contributed by atoms with van der Waals surface area (Å²) in [6, 6.07) is 22.4. The van der Waals surface area contributed by atoms with Crippen molar-refractivity contribution in [1.29, 1.82) is 0 Å². The maximum absolute atomic E-state index is 9.40. The standard InChI is InChI=1S/C40H26N2/c1-3-11-27(12-4-1)28-19-21-30(22-20-28)37-26-38(42-40(41-37)31-14-5-2-6-15-31)39-34-18-10-8-16-32(34)25-36-33-17-9-7-13-29(33)23-24-35(36)39/h1-26H/i7D,8D,9D,10D,13D,16D,17D,18D,23D,24D,25D. The van der Waals surface area contributed by atoms with E-state index in [1.807, 2.05) is 84.9 Å². The molecule has 0 aliphatic carbocycles. The minimum Gasteiger partial charge on any atom is -0.228 e. The van der Waals surface area contributed by atoms with Gasteiger partial charge in [-0.15, -0.1) is 0 Å². The molecule has 2 heteroatoms. The van der Waals surface area contributed by atoms with Gasteiger partial charge in [-0.25, -0.2) is 9.97 Å². The summed E-state index contributed by atoms with van der Waals surface area (Å²) < 4.78 is 97.3. The van der Waals surface area contributed by atoms with E-state index in [0.717, 1.165) is 11.1 Å². The van der Waals surface area contributed by atoms with E-state index in [9.17, 15) is 2.74 Å². The van der Waals surface area contributed by atoms with Crippen LogP contribution in [-0.2, 0) is 0 Å². The fourth-order valence-electron chi connectivity index (χ4n) is 5.22. The van der Waals surface area contributed by atoms with Crippen LogP contribution < -0.4 is 0 Å². The summed E-state index contributed by atoms with van der Waals surface area (Å²) >= 11 is 0. The van der Waals surface area contributed by atoms with Gasteiger partial charge in [0.2, 0.25) is 0 Å². The zero-order valence-electron chi connectivity index (χ0n) is 33.1. The summed E-state index contributed by atoms with van der Waals surface area (Å²) in [4.78, 5) is 9.82. The Kier molecular flexibility index (Phi) is 3.71. The van der Waals surface area contributed by atoms with Gasteiger partial charge in [0.15, 0.2) is 5.82 Å². The van der Waals surface area contributed by atoms with E-state index in [2.05, 4.69) is 0 Å².